The highest BCUT2D eigenvalue weighted by Crippen LogP contribution is 2.28. The molecule has 2 heterocycles. The number of rotatable bonds is 6. The minimum Gasteiger partial charge on any atom is -0.491 e. The van der Waals surface area contributed by atoms with Crippen LogP contribution in [0.25, 0.3) is 0 Å². The van der Waals surface area contributed by atoms with Gasteiger partial charge in [0, 0.05) is 43.5 Å². The van der Waals surface area contributed by atoms with E-state index >= 15 is 0 Å². The van der Waals surface area contributed by atoms with Crippen molar-refractivity contribution < 1.29 is 14.6 Å². The van der Waals surface area contributed by atoms with Crippen LogP contribution in [0.3, 0.4) is 0 Å². The fraction of sp³-hybridized carbons (Fsp3) is 0.545. The third-order valence-electron chi connectivity index (χ3n) is 5.70. The molecule has 1 unspecified atom stereocenters. The van der Waals surface area contributed by atoms with Gasteiger partial charge in [-0.3, -0.25) is 9.48 Å². The summed E-state index contributed by atoms with van der Waals surface area (Å²) >= 11 is 6.21. The molecule has 2 aromatic rings. The molecule has 29 heavy (non-hydrogen) atoms. The standard InChI is InChI=1S/C22H30ClN3O3/c1-16-13-19(14-17(2)21(16)23)29-15-22(28)8-4-11-26(12-9-22)20(27)6-5-18-7-10-24-25(18)3/h7,10,13-14,28H,4-6,8-9,11-12,15H2,1-3H3. The van der Waals surface area contributed by atoms with Gasteiger partial charge in [0.15, 0.2) is 0 Å². The quantitative estimate of drug-likeness (QED) is 0.778. The predicted molar refractivity (Wildman–Crippen MR) is 113 cm³/mol. The molecular formula is C22H30ClN3O3. The van der Waals surface area contributed by atoms with E-state index in [1.807, 2.05) is 44.0 Å². The van der Waals surface area contributed by atoms with Crippen molar-refractivity contribution in [2.24, 2.45) is 7.05 Å². The van der Waals surface area contributed by atoms with Gasteiger partial charge in [-0.25, -0.2) is 0 Å². The number of benzene rings is 1. The zero-order valence-electron chi connectivity index (χ0n) is 17.4. The third kappa shape index (κ3) is 5.52. The van der Waals surface area contributed by atoms with E-state index in [1.54, 1.807) is 10.9 Å². The van der Waals surface area contributed by atoms with E-state index < -0.39 is 5.60 Å². The van der Waals surface area contributed by atoms with E-state index in [2.05, 4.69) is 5.10 Å². The molecule has 158 valence electrons. The highest BCUT2D eigenvalue weighted by atomic mass is 35.5. The lowest BCUT2D eigenvalue weighted by atomic mass is 9.96. The molecule has 0 aliphatic carbocycles. The van der Waals surface area contributed by atoms with Crippen molar-refractivity contribution in [1.82, 2.24) is 14.7 Å². The van der Waals surface area contributed by atoms with Gasteiger partial charge in [0.05, 0.1) is 0 Å². The minimum absolute atomic E-state index is 0.125. The zero-order valence-corrected chi connectivity index (χ0v) is 18.2. The molecule has 1 atom stereocenters. The van der Waals surface area contributed by atoms with Gasteiger partial charge in [-0.15, -0.1) is 0 Å². The molecule has 1 fully saturated rings. The summed E-state index contributed by atoms with van der Waals surface area (Å²) in [7, 11) is 1.88. The van der Waals surface area contributed by atoms with Crippen molar-refractivity contribution >= 4 is 17.5 Å². The van der Waals surface area contributed by atoms with E-state index in [9.17, 15) is 9.90 Å². The molecular weight excluding hydrogens is 390 g/mol. The second-order valence-electron chi connectivity index (χ2n) is 8.06. The molecule has 1 N–H and O–H groups in total. The van der Waals surface area contributed by atoms with Crippen LogP contribution in [-0.4, -0.2) is 51.0 Å². The average molecular weight is 420 g/mol. The van der Waals surface area contributed by atoms with Crippen molar-refractivity contribution in [2.75, 3.05) is 19.7 Å². The fourth-order valence-corrected chi connectivity index (χ4v) is 3.93. The van der Waals surface area contributed by atoms with Gasteiger partial charge in [-0.1, -0.05) is 11.6 Å². The van der Waals surface area contributed by atoms with Crippen molar-refractivity contribution in [3.63, 3.8) is 0 Å². The minimum atomic E-state index is -0.932. The summed E-state index contributed by atoms with van der Waals surface area (Å²) in [6.45, 7) is 5.31. The summed E-state index contributed by atoms with van der Waals surface area (Å²) in [5.74, 6) is 0.839. The SMILES string of the molecule is Cc1cc(OCC2(O)CCCN(C(=O)CCc3ccnn3C)CC2)cc(C)c1Cl. The van der Waals surface area contributed by atoms with E-state index in [1.165, 1.54) is 0 Å². The van der Waals surface area contributed by atoms with Gasteiger partial charge in [-0.2, -0.15) is 5.10 Å². The van der Waals surface area contributed by atoms with Crippen LogP contribution in [0.1, 0.15) is 42.5 Å². The Hall–Kier alpha value is -2.05. The van der Waals surface area contributed by atoms with Gasteiger partial charge in [0.2, 0.25) is 5.91 Å². The second-order valence-corrected chi connectivity index (χ2v) is 8.44. The first-order valence-electron chi connectivity index (χ1n) is 10.1. The number of carbonyl (C=O) groups excluding carboxylic acids is 1. The molecule has 0 bridgehead atoms. The first-order valence-corrected chi connectivity index (χ1v) is 10.5. The van der Waals surface area contributed by atoms with Gasteiger partial charge >= 0.3 is 0 Å². The maximum atomic E-state index is 12.6. The Morgan fingerprint density at radius 2 is 2.00 bits per heavy atom. The van der Waals surface area contributed by atoms with Crippen molar-refractivity contribution in [2.45, 2.75) is 51.6 Å². The van der Waals surface area contributed by atoms with E-state index in [4.69, 9.17) is 16.3 Å². The Morgan fingerprint density at radius 3 is 2.66 bits per heavy atom. The number of ether oxygens (including phenoxy) is 1. The van der Waals surface area contributed by atoms with Crippen LogP contribution >= 0.6 is 11.6 Å². The number of hydrogen-bond donors (Lipinski definition) is 1. The molecule has 1 aromatic carbocycles. The normalized spacial score (nSPS) is 19.8. The number of aryl methyl sites for hydroxylation is 4. The van der Waals surface area contributed by atoms with Gasteiger partial charge in [0.25, 0.3) is 0 Å². The summed E-state index contributed by atoms with van der Waals surface area (Å²) in [6.07, 6.45) is 4.76. The number of nitrogens with zero attached hydrogens (tertiary/aromatic N) is 3. The van der Waals surface area contributed by atoms with Crippen LogP contribution in [0, 0.1) is 13.8 Å². The summed E-state index contributed by atoms with van der Waals surface area (Å²) in [6, 6.07) is 5.72. The lowest BCUT2D eigenvalue weighted by Gasteiger charge is -2.27. The number of likely N-dealkylation sites (tertiary alicyclic amines) is 1. The van der Waals surface area contributed by atoms with Crippen LogP contribution in [0.5, 0.6) is 5.75 Å². The first kappa shape index (κ1) is 21.7. The Labute approximate surface area is 177 Å². The average Bonchev–Trinajstić information content (AvgIpc) is 2.99. The third-order valence-corrected chi connectivity index (χ3v) is 6.30. The van der Waals surface area contributed by atoms with Crippen LogP contribution < -0.4 is 4.74 Å². The topological polar surface area (TPSA) is 67.6 Å². The van der Waals surface area contributed by atoms with Crippen molar-refractivity contribution in [1.29, 1.82) is 0 Å². The second kappa shape index (κ2) is 9.18. The van der Waals surface area contributed by atoms with E-state index in [0.717, 1.165) is 28.3 Å². The monoisotopic (exact) mass is 419 g/mol. The summed E-state index contributed by atoms with van der Waals surface area (Å²) in [4.78, 5) is 14.5. The molecule has 1 amide bonds. The number of amides is 1. The molecule has 1 aromatic heterocycles. The summed E-state index contributed by atoms with van der Waals surface area (Å²) < 4.78 is 7.70. The number of aromatic nitrogens is 2. The Balaban J connectivity index is 1.52. The Bertz CT molecular complexity index is 844. The molecule has 1 saturated heterocycles. The van der Waals surface area contributed by atoms with Crippen LogP contribution in [0.4, 0.5) is 0 Å². The molecule has 3 rings (SSSR count). The van der Waals surface area contributed by atoms with Crippen LogP contribution in [-0.2, 0) is 18.3 Å². The number of aliphatic hydroxyl groups is 1. The van der Waals surface area contributed by atoms with Gasteiger partial charge in [0.1, 0.15) is 18.0 Å². The largest absolute Gasteiger partial charge is 0.491 e. The lowest BCUT2D eigenvalue weighted by molar-refractivity contribution is -0.131. The molecule has 6 nitrogen and oxygen atoms in total. The molecule has 0 radical (unpaired) electrons. The summed E-state index contributed by atoms with van der Waals surface area (Å²) in [5.41, 5.74) is 2.03. The highest BCUT2D eigenvalue weighted by molar-refractivity contribution is 6.32. The number of hydrogen-bond acceptors (Lipinski definition) is 4. The molecule has 0 saturated carbocycles. The lowest BCUT2D eigenvalue weighted by Crippen LogP contribution is -2.38. The molecule has 0 spiro atoms. The molecule has 1 aliphatic heterocycles. The maximum Gasteiger partial charge on any atom is 0.222 e. The van der Waals surface area contributed by atoms with Crippen LogP contribution in [0.15, 0.2) is 24.4 Å². The Kier molecular flexibility index (Phi) is 6.85. The zero-order chi connectivity index (χ0) is 21.0. The van der Waals surface area contributed by atoms with Crippen LogP contribution in [0.2, 0.25) is 5.02 Å². The molecule has 7 heteroatoms. The Morgan fingerprint density at radius 1 is 1.28 bits per heavy atom. The van der Waals surface area contributed by atoms with Gasteiger partial charge < -0.3 is 14.7 Å². The first-order chi connectivity index (χ1) is 13.8. The van der Waals surface area contributed by atoms with Gasteiger partial charge in [-0.05, 0) is 68.9 Å². The van der Waals surface area contributed by atoms with Crippen molar-refractivity contribution in [3.8, 4) is 5.75 Å². The fourth-order valence-electron chi connectivity index (χ4n) is 3.82. The summed E-state index contributed by atoms with van der Waals surface area (Å²) in [5, 5.41) is 15.9. The molecule has 1 aliphatic rings. The predicted octanol–water partition coefficient (Wildman–Crippen LogP) is 3.45. The number of carbonyl (C=O) groups is 1. The van der Waals surface area contributed by atoms with Crippen molar-refractivity contribution in [3.05, 3.63) is 46.2 Å². The maximum absolute atomic E-state index is 12.6. The van der Waals surface area contributed by atoms with E-state index in [-0.39, 0.29) is 12.5 Å². The smallest absolute Gasteiger partial charge is 0.222 e. The highest BCUT2D eigenvalue weighted by Gasteiger charge is 2.32. The van der Waals surface area contributed by atoms with E-state index in [0.29, 0.717) is 44.5 Å². The number of halogens is 1.